The maximum atomic E-state index is 4.62. The zero-order valence-electron chi connectivity index (χ0n) is 11.6. The van der Waals surface area contributed by atoms with E-state index in [2.05, 4.69) is 65.8 Å². The van der Waals surface area contributed by atoms with Crippen LogP contribution in [0.1, 0.15) is 22.3 Å². The molecule has 3 rings (SSSR count). The van der Waals surface area contributed by atoms with Crippen molar-refractivity contribution in [2.75, 3.05) is 6.54 Å². The number of aliphatic imine (C=N–C) groups is 1. The molecular formula is C17H19IN2. The van der Waals surface area contributed by atoms with Crippen LogP contribution in [0.2, 0.25) is 0 Å². The van der Waals surface area contributed by atoms with Gasteiger partial charge in [0.25, 0.3) is 0 Å². The number of nitrogens with one attached hydrogen (secondary N) is 1. The molecule has 2 aromatic rings. The number of hydrogen-bond acceptors (Lipinski definition) is 2. The first-order chi connectivity index (χ1) is 9.34. The van der Waals surface area contributed by atoms with Crippen LogP contribution in [0.15, 0.2) is 53.5 Å². The predicted octanol–water partition coefficient (Wildman–Crippen LogP) is 3.71. The molecule has 1 aliphatic rings. The highest BCUT2D eigenvalue weighted by molar-refractivity contribution is 14.0. The molecule has 0 saturated carbocycles. The average Bonchev–Trinajstić information content (AvgIpc) is 2.46. The molecule has 2 nitrogen and oxygen atoms in total. The number of halogens is 1. The van der Waals surface area contributed by atoms with Gasteiger partial charge in [0.2, 0.25) is 0 Å². The summed E-state index contributed by atoms with van der Waals surface area (Å²) in [5, 5.41) is 3.48. The quantitative estimate of drug-likeness (QED) is 0.792. The summed E-state index contributed by atoms with van der Waals surface area (Å²) in [6, 6.07) is 17.0. The Morgan fingerprint density at radius 2 is 1.80 bits per heavy atom. The second-order valence-electron chi connectivity index (χ2n) is 4.92. The number of aryl methyl sites for hydroxylation is 1. The van der Waals surface area contributed by atoms with E-state index in [0.29, 0.717) is 0 Å². The minimum absolute atomic E-state index is 0. The molecule has 0 bridgehead atoms. The Labute approximate surface area is 137 Å². The van der Waals surface area contributed by atoms with E-state index in [0.717, 1.165) is 25.3 Å². The van der Waals surface area contributed by atoms with Gasteiger partial charge in [0, 0.05) is 18.7 Å². The molecule has 1 heterocycles. The number of rotatable bonds is 2. The highest BCUT2D eigenvalue weighted by Gasteiger charge is 2.12. The second-order valence-corrected chi connectivity index (χ2v) is 4.92. The Hall–Kier alpha value is -1.36. The van der Waals surface area contributed by atoms with Gasteiger partial charge >= 0.3 is 0 Å². The molecule has 0 atom stereocenters. The summed E-state index contributed by atoms with van der Waals surface area (Å²) in [5.74, 6) is 1.03. The van der Waals surface area contributed by atoms with E-state index in [-0.39, 0.29) is 24.0 Å². The SMILES string of the molecule is Cc1ccccc1CNC1=NCCc2ccccc21.I. The minimum Gasteiger partial charge on any atom is -0.366 e. The normalized spacial score (nSPS) is 12.9. The largest absolute Gasteiger partial charge is 0.366 e. The summed E-state index contributed by atoms with van der Waals surface area (Å²) in [7, 11) is 0. The lowest BCUT2D eigenvalue weighted by Gasteiger charge is -2.18. The zero-order chi connectivity index (χ0) is 13.1. The van der Waals surface area contributed by atoms with E-state index in [1.807, 2.05) is 0 Å². The fraction of sp³-hybridized carbons (Fsp3) is 0.235. The molecule has 0 spiro atoms. The fourth-order valence-corrected chi connectivity index (χ4v) is 2.48. The van der Waals surface area contributed by atoms with Gasteiger partial charge in [-0.2, -0.15) is 0 Å². The van der Waals surface area contributed by atoms with Gasteiger partial charge in [-0.05, 0) is 30.0 Å². The lowest BCUT2D eigenvalue weighted by molar-refractivity contribution is 0.858. The third-order valence-corrected chi connectivity index (χ3v) is 3.63. The number of nitrogens with zero attached hydrogens (tertiary/aromatic N) is 1. The molecule has 20 heavy (non-hydrogen) atoms. The van der Waals surface area contributed by atoms with Gasteiger partial charge in [-0.1, -0.05) is 48.5 Å². The van der Waals surface area contributed by atoms with Crippen LogP contribution in [0.5, 0.6) is 0 Å². The molecule has 0 unspecified atom stereocenters. The van der Waals surface area contributed by atoms with Crippen molar-refractivity contribution in [1.82, 2.24) is 5.32 Å². The Morgan fingerprint density at radius 3 is 2.65 bits per heavy atom. The monoisotopic (exact) mass is 378 g/mol. The van der Waals surface area contributed by atoms with Gasteiger partial charge in [-0.3, -0.25) is 4.99 Å². The van der Waals surface area contributed by atoms with Crippen LogP contribution in [0, 0.1) is 6.92 Å². The highest BCUT2D eigenvalue weighted by atomic mass is 127. The molecule has 0 amide bonds. The van der Waals surface area contributed by atoms with Crippen LogP contribution in [0.3, 0.4) is 0 Å². The van der Waals surface area contributed by atoms with Crippen molar-refractivity contribution in [2.24, 2.45) is 4.99 Å². The standard InChI is InChI=1S/C17H18N2.HI/c1-13-6-2-3-8-15(13)12-19-17-16-9-5-4-7-14(16)10-11-18-17;/h2-9H,10-12H2,1H3,(H,18,19);1H. The maximum absolute atomic E-state index is 4.62. The molecule has 0 aromatic heterocycles. The van der Waals surface area contributed by atoms with E-state index in [4.69, 9.17) is 0 Å². The van der Waals surface area contributed by atoms with E-state index in [1.165, 1.54) is 22.3 Å². The van der Waals surface area contributed by atoms with Crippen molar-refractivity contribution < 1.29 is 0 Å². The number of benzene rings is 2. The first-order valence-electron chi connectivity index (χ1n) is 6.76. The van der Waals surface area contributed by atoms with Gasteiger partial charge < -0.3 is 5.32 Å². The Kier molecular flexibility index (Phi) is 5.17. The topological polar surface area (TPSA) is 24.4 Å². The number of fused-ring (bicyclic) bond motifs is 1. The first-order valence-corrected chi connectivity index (χ1v) is 6.76. The molecule has 0 aliphatic carbocycles. The Morgan fingerprint density at radius 1 is 1.05 bits per heavy atom. The van der Waals surface area contributed by atoms with Gasteiger partial charge in [-0.15, -0.1) is 24.0 Å². The van der Waals surface area contributed by atoms with Crippen molar-refractivity contribution in [3.05, 3.63) is 70.8 Å². The van der Waals surface area contributed by atoms with Crippen molar-refractivity contribution in [2.45, 2.75) is 19.9 Å². The van der Waals surface area contributed by atoms with Gasteiger partial charge in [0.05, 0.1) is 0 Å². The molecule has 0 radical (unpaired) electrons. The van der Waals surface area contributed by atoms with Crippen LogP contribution in [-0.4, -0.2) is 12.4 Å². The summed E-state index contributed by atoms with van der Waals surface area (Å²) in [6.07, 6.45) is 1.05. The Bertz CT molecular complexity index is 620. The molecule has 1 N–H and O–H groups in total. The van der Waals surface area contributed by atoms with E-state index in [9.17, 15) is 0 Å². The molecular weight excluding hydrogens is 359 g/mol. The summed E-state index contributed by atoms with van der Waals surface area (Å²) in [5.41, 5.74) is 5.29. The number of amidine groups is 1. The van der Waals surface area contributed by atoms with Crippen LogP contribution < -0.4 is 5.32 Å². The van der Waals surface area contributed by atoms with Crippen LogP contribution in [-0.2, 0) is 13.0 Å². The van der Waals surface area contributed by atoms with Crippen molar-refractivity contribution in [3.63, 3.8) is 0 Å². The lowest BCUT2D eigenvalue weighted by Crippen LogP contribution is -2.28. The van der Waals surface area contributed by atoms with Crippen molar-refractivity contribution in [1.29, 1.82) is 0 Å². The molecule has 0 saturated heterocycles. The van der Waals surface area contributed by atoms with Crippen molar-refractivity contribution >= 4 is 29.8 Å². The third kappa shape index (κ3) is 3.20. The lowest BCUT2D eigenvalue weighted by atomic mass is 10.0. The first kappa shape index (κ1) is 15.0. The van der Waals surface area contributed by atoms with Crippen LogP contribution in [0.25, 0.3) is 0 Å². The highest BCUT2D eigenvalue weighted by Crippen LogP contribution is 2.15. The second kappa shape index (κ2) is 6.88. The molecule has 1 aliphatic heterocycles. The summed E-state index contributed by atoms with van der Waals surface area (Å²) < 4.78 is 0. The van der Waals surface area contributed by atoms with Crippen molar-refractivity contribution in [3.8, 4) is 0 Å². The Balaban J connectivity index is 0.00000147. The molecule has 3 heteroatoms. The van der Waals surface area contributed by atoms with Crippen LogP contribution >= 0.6 is 24.0 Å². The summed E-state index contributed by atoms with van der Waals surface area (Å²) >= 11 is 0. The minimum atomic E-state index is 0. The van der Waals surface area contributed by atoms with Gasteiger partial charge in [0.1, 0.15) is 5.84 Å². The average molecular weight is 378 g/mol. The van der Waals surface area contributed by atoms with E-state index >= 15 is 0 Å². The zero-order valence-corrected chi connectivity index (χ0v) is 13.9. The maximum Gasteiger partial charge on any atom is 0.128 e. The molecule has 0 fully saturated rings. The summed E-state index contributed by atoms with van der Waals surface area (Å²) in [4.78, 5) is 4.62. The predicted molar refractivity (Wildman–Crippen MR) is 95.0 cm³/mol. The van der Waals surface area contributed by atoms with E-state index < -0.39 is 0 Å². The number of hydrogen-bond donors (Lipinski definition) is 1. The van der Waals surface area contributed by atoms with Gasteiger partial charge in [-0.25, -0.2) is 0 Å². The van der Waals surface area contributed by atoms with Gasteiger partial charge in [0.15, 0.2) is 0 Å². The van der Waals surface area contributed by atoms with Crippen LogP contribution in [0.4, 0.5) is 0 Å². The summed E-state index contributed by atoms with van der Waals surface area (Å²) in [6.45, 7) is 3.86. The van der Waals surface area contributed by atoms with E-state index in [1.54, 1.807) is 0 Å². The third-order valence-electron chi connectivity index (χ3n) is 3.63. The smallest absolute Gasteiger partial charge is 0.128 e. The fourth-order valence-electron chi connectivity index (χ4n) is 2.48. The molecule has 104 valence electrons. The molecule has 2 aromatic carbocycles.